The quantitative estimate of drug-likeness (QED) is 0.0200. The van der Waals surface area contributed by atoms with Gasteiger partial charge in [0.1, 0.15) is 13.2 Å². The molecule has 0 amide bonds. The molecular weight excluding hydrogens is 781 g/mol. The molecule has 0 aromatic carbocycles. The van der Waals surface area contributed by atoms with Crippen molar-refractivity contribution >= 4 is 17.9 Å². The summed E-state index contributed by atoms with van der Waals surface area (Å²) < 4.78 is 16.7. The van der Waals surface area contributed by atoms with E-state index in [1.165, 1.54) is 89.9 Å². The minimum absolute atomic E-state index is 0.125. The van der Waals surface area contributed by atoms with Crippen LogP contribution in [0.15, 0.2) is 122 Å². The van der Waals surface area contributed by atoms with Crippen LogP contribution in [0.3, 0.4) is 0 Å². The zero-order chi connectivity index (χ0) is 45.8. The molecule has 0 heterocycles. The average molecular weight is 871 g/mol. The first-order chi connectivity index (χ1) is 31.0. The lowest BCUT2D eigenvalue weighted by Crippen LogP contribution is -2.30. The summed E-state index contributed by atoms with van der Waals surface area (Å²) in [5.41, 5.74) is 0. The van der Waals surface area contributed by atoms with Gasteiger partial charge >= 0.3 is 17.9 Å². The Balaban J connectivity index is 4.51. The molecule has 354 valence electrons. The van der Waals surface area contributed by atoms with Gasteiger partial charge in [0, 0.05) is 19.3 Å². The van der Waals surface area contributed by atoms with Crippen LogP contribution in [-0.4, -0.2) is 37.2 Å². The first kappa shape index (κ1) is 58.8. The zero-order valence-electron chi connectivity index (χ0n) is 40.3. The predicted molar refractivity (Wildman–Crippen MR) is 269 cm³/mol. The van der Waals surface area contributed by atoms with Crippen molar-refractivity contribution in [2.75, 3.05) is 13.2 Å². The average Bonchev–Trinajstić information content (AvgIpc) is 3.28. The number of allylic oxidation sites excluding steroid dienone is 20. The van der Waals surface area contributed by atoms with Crippen molar-refractivity contribution in [2.24, 2.45) is 0 Å². The first-order valence-corrected chi connectivity index (χ1v) is 25.2. The van der Waals surface area contributed by atoms with Gasteiger partial charge in [0.2, 0.25) is 0 Å². The molecule has 0 bridgehead atoms. The van der Waals surface area contributed by atoms with Crippen LogP contribution in [0.4, 0.5) is 0 Å². The Bertz CT molecular complexity index is 1370. The number of hydrogen-bond acceptors (Lipinski definition) is 6. The van der Waals surface area contributed by atoms with Crippen LogP contribution in [0.5, 0.6) is 0 Å². The Labute approximate surface area is 386 Å². The van der Waals surface area contributed by atoms with E-state index >= 15 is 0 Å². The van der Waals surface area contributed by atoms with Crippen molar-refractivity contribution in [3.05, 3.63) is 122 Å². The van der Waals surface area contributed by atoms with E-state index in [2.05, 4.69) is 51.2 Å². The lowest BCUT2D eigenvalue weighted by atomic mass is 10.1. The van der Waals surface area contributed by atoms with Crippen molar-refractivity contribution in [1.29, 1.82) is 0 Å². The number of ether oxygens (including phenoxy) is 3. The molecule has 6 nitrogen and oxygen atoms in total. The normalized spacial score (nSPS) is 13.1. The predicted octanol–water partition coefficient (Wildman–Crippen LogP) is 16.5. The summed E-state index contributed by atoms with van der Waals surface area (Å²) in [6.45, 7) is 6.23. The Morgan fingerprint density at radius 1 is 0.333 bits per heavy atom. The minimum Gasteiger partial charge on any atom is -0.462 e. The SMILES string of the molecule is CC/C=C/C=C/C=C/C=C/C=C/CCCC(=O)OC(COC(=O)CCCCC/C=C/C=C/C=C/C=C/CC)COC(=O)CCCCCCCCC/C=C/CCCCCCCCCC. The lowest BCUT2D eigenvalue weighted by Gasteiger charge is -2.18. The summed E-state index contributed by atoms with van der Waals surface area (Å²) in [5.74, 6) is -1.05. The molecule has 0 radical (unpaired) electrons. The monoisotopic (exact) mass is 871 g/mol. The maximum Gasteiger partial charge on any atom is 0.306 e. The summed E-state index contributed by atoms with van der Waals surface area (Å²) in [5, 5.41) is 0. The molecule has 1 unspecified atom stereocenters. The van der Waals surface area contributed by atoms with E-state index in [4.69, 9.17) is 14.2 Å². The topological polar surface area (TPSA) is 78.9 Å². The third-order valence-corrected chi connectivity index (χ3v) is 10.2. The highest BCUT2D eigenvalue weighted by atomic mass is 16.6. The van der Waals surface area contributed by atoms with Crippen LogP contribution in [0.1, 0.15) is 201 Å². The van der Waals surface area contributed by atoms with Gasteiger partial charge in [0.25, 0.3) is 0 Å². The van der Waals surface area contributed by atoms with Gasteiger partial charge in [-0.15, -0.1) is 0 Å². The molecule has 0 rings (SSSR count). The fourth-order valence-electron chi connectivity index (χ4n) is 6.42. The second kappa shape index (κ2) is 50.5. The molecule has 0 spiro atoms. The van der Waals surface area contributed by atoms with Crippen molar-refractivity contribution in [2.45, 2.75) is 207 Å². The van der Waals surface area contributed by atoms with Gasteiger partial charge < -0.3 is 14.2 Å². The van der Waals surface area contributed by atoms with Crippen LogP contribution >= 0.6 is 0 Å². The van der Waals surface area contributed by atoms with Gasteiger partial charge in [-0.2, -0.15) is 0 Å². The van der Waals surface area contributed by atoms with Crippen molar-refractivity contribution < 1.29 is 28.6 Å². The molecule has 0 aromatic heterocycles. The molecule has 0 saturated carbocycles. The number of rotatable bonds is 43. The smallest absolute Gasteiger partial charge is 0.306 e. The molecule has 0 aliphatic heterocycles. The highest BCUT2D eigenvalue weighted by Crippen LogP contribution is 2.13. The van der Waals surface area contributed by atoms with Gasteiger partial charge in [-0.1, -0.05) is 226 Å². The molecule has 1 atom stereocenters. The molecule has 0 aliphatic carbocycles. The largest absolute Gasteiger partial charge is 0.462 e. The second-order valence-electron chi connectivity index (χ2n) is 16.2. The van der Waals surface area contributed by atoms with Gasteiger partial charge in [0.15, 0.2) is 6.10 Å². The lowest BCUT2D eigenvalue weighted by molar-refractivity contribution is -0.167. The number of unbranched alkanes of at least 4 members (excludes halogenated alkanes) is 19. The maximum atomic E-state index is 12.7. The Morgan fingerprint density at radius 2 is 0.651 bits per heavy atom. The van der Waals surface area contributed by atoms with E-state index in [9.17, 15) is 14.4 Å². The van der Waals surface area contributed by atoms with Crippen molar-refractivity contribution in [3.8, 4) is 0 Å². The van der Waals surface area contributed by atoms with Gasteiger partial charge in [0.05, 0.1) is 0 Å². The van der Waals surface area contributed by atoms with E-state index in [0.29, 0.717) is 19.3 Å². The Hall–Kier alpha value is -4.19. The molecule has 6 heteroatoms. The fourth-order valence-corrected chi connectivity index (χ4v) is 6.42. The van der Waals surface area contributed by atoms with Crippen LogP contribution in [0.25, 0.3) is 0 Å². The van der Waals surface area contributed by atoms with E-state index < -0.39 is 12.1 Å². The number of carbonyl (C=O) groups excluding carboxylic acids is 3. The highest BCUT2D eigenvalue weighted by Gasteiger charge is 2.19. The Kier molecular flexibility index (Phi) is 47.1. The summed E-state index contributed by atoms with van der Waals surface area (Å²) in [7, 11) is 0. The third-order valence-electron chi connectivity index (χ3n) is 10.2. The molecule has 63 heavy (non-hydrogen) atoms. The minimum atomic E-state index is -0.835. The van der Waals surface area contributed by atoms with Gasteiger partial charge in [-0.3, -0.25) is 14.4 Å². The maximum absolute atomic E-state index is 12.7. The fraction of sp³-hybridized carbons (Fsp3) is 0.596. The summed E-state index contributed by atoms with van der Waals surface area (Å²) in [6.07, 6.45) is 69.1. The van der Waals surface area contributed by atoms with Gasteiger partial charge in [-0.25, -0.2) is 0 Å². The highest BCUT2D eigenvalue weighted by molar-refractivity contribution is 5.71. The van der Waals surface area contributed by atoms with Gasteiger partial charge in [-0.05, 0) is 77.0 Å². The molecular formula is C57H90O6. The number of esters is 3. The number of carbonyl (C=O) groups is 3. The van der Waals surface area contributed by atoms with Crippen LogP contribution in [0.2, 0.25) is 0 Å². The van der Waals surface area contributed by atoms with Crippen molar-refractivity contribution in [1.82, 2.24) is 0 Å². The zero-order valence-corrected chi connectivity index (χ0v) is 40.3. The van der Waals surface area contributed by atoms with E-state index in [1.807, 2.05) is 91.1 Å². The molecule has 0 aromatic rings. The van der Waals surface area contributed by atoms with Crippen LogP contribution in [0, 0.1) is 0 Å². The molecule has 0 aliphatic rings. The first-order valence-electron chi connectivity index (χ1n) is 25.2. The molecule has 0 fully saturated rings. The summed E-state index contributed by atoms with van der Waals surface area (Å²) in [4.78, 5) is 37.9. The summed E-state index contributed by atoms with van der Waals surface area (Å²) in [6, 6.07) is 0. The van der Waals surface area contributed by atoms with E-state index in [1.54, 1.807) is 0 Å². The summed E-state index contributed by atoms with van der Waals surface area (Å²) >= 11 is 0. The Morgan fingerprint density at radius 3 is 1.08 bits per heavy atom. The molecule has 0 saturated heterocycles. The van der Waals surface area contributed by atoms with E-state index in [0.717, 1.165) is 64.2 Å². The van der Waals surface area contributed by atoms with Crippen LogP contribution in [-0.2, 0) is 28.6 Å². The third kappa shape index (κ3) is 48.7. The van der Waals surface area contributed by atoms with Crippen LogP contribution < -0.4 is 0 Å². The second-order valence-corrected chi connectivity index (χ2v) is 16.2. The molecule has 0 N–H and O–H groups in total. The number of hydrogen-bond donors (Lipinski definition) is 0. The van der Waals surface area contributed by atoms with E-state index in [-0.39, 0.29) is 31.6 Å². The standard InChI is InChI=1S/C57H90O6/c1-4-7-10-13-16-19-22-25-26-27-28-29-30-33-35-38-41-44-47-50-56(59)62-53-54(63-57(60)51-48-45-42-39-36-32-24-21-18-15-12-9-6-3)52-61-55(58)49-46-43-40-37-34-31-23-20-17-14-11-8-5-2/h8-9,11-12,14-15,17-18,20-21,23-24,27-28,31-32,34,36,39,42,54H,4-7,10,13,16,19,22,25-26,29-30,33,35,37-38,40-41,43-53H2,1-3H3/b11-8+,12-9+,17-14+,18-15+,23-20+,24-21+,28-27+,34-31+,36-32+,42-39+. The van der Waals surface area contributed by atoms with Crippen molar-refractivity contribution in [3.63, 3.8) is 0 Å².